The van der Waals surface area contributed by atoms with Gasteiger partial charge in [-0.3, -0.25) is 14.4 Å². The van der Waals surface area contributed by atoms with Gasteiger partial charge in [0, 0.05) is 42.6 Å². The summed E-state index contributed by atoms with van der Waals surface area (Å²) < 4.78 is 10.7. The number of carbonyl (C=O) groups excluding carboxylic acids is 3. The lowest BCUT2D eigenvalue weighted by atomic mass is 9.96. The molecular formula is C23H24N4O6S. The van der Waals surface area contributed by atoms with E-state index in [1.807, 2.05) is 0 Å². The highest BCUT2D eigenvalue weighted by Crippen LogP contribution is 2.29. The first-order valence-electron chi connectivity index (χ1n) is 10.8. The molecule has 3 N–H and O–H groups in total. The van der Waals surface area contributed by atoms with E-state index in [4.69, 9.17) is 14.9 Å². The fraction of sp³-hybridized carbons (Fsp3) is 0.348. The Labute approximate surface area is 198 Å². The number of nitrogens with two attached hydrogens (primary N) is 1. The second-order valence-electron chi connectivity index (χ2n) is 7.97. The van der Waals surface area contributed by atoms with Crippen LogP contribution in [0.2, 0.25) is 0 Å². The largest absolute Gasteiger partial charge is 0.493 e. The number of likely N-dealkylation sites (tertiary alicyclic amines) is 1. The lowest BCUT2D eigenvalue weighted by Gasteiger charge is -2.30. The second kappa shape index (κ2) is 10.0. The Balaban J connectivity index is 1.35. The molecule has 2 aromatic heterocycles. The molecule has 3 aromatic rings. The van der Waals surface area contributed by atoms with Crippen molar-refractivity contribution in [2.75, 3.05) is 25.5 Å². The second-order valence-corrected chi connectivity index (χ2v) is 8.83. The zero-order chi connectivity index (χ0) is 24.2. The molecule has 1 aliphatic heterocycles. The number of hydrogen-bond donors (Lipinski definition) is 2. The van der Waals surface area contributed by atoms with Crippen LogP contribution in [0.4, 0.5) is 5.13 Å². The fourth-order valence-corrected chi connectivity index (χ4v) is 4.61. The number of hydrogen-bond acceptors (Lipinski definition) is 8. The molecular weight excluding hydrogens is 460 g/mol. The molecule has 178 valence electrons. The molecule has 1 saturated heterocycles. The molecule has 0 atom stereocenters. The van der Waals surface area contributed by atoms with Gasteiger partial charge in [0.1, 0.15) is 0 Å². The SMILES string of the molecule is COc1cccc2cc(-c3csc(NC(=O)CCC(=O)N4CCC(C(N)=O)CC4)n3)c(=O)oc12. The summed E-state index contributed by atoms with van der Waals surface area (Å²) in [5.74, 6) is -0.563. The number of rotatable bonds is 7. The highest BCUT2D eigenvalue weighted by Gasteiger charge is 2.26. The summed E-state index contributed by atoms with van der Waals surface area (Å²) in [6.45, 7) is 0.925. The van der Waals surface area contributed by atoms with E-state index in [1.54, 1.807) is 34.5 Å². The van der Waals surface area contributed by atoms with Gasteiger partial charge in [0.25, 0.3) is 0 Å². The molecule has 11 heteroatoms. The van der Waals surface area contributed by atoms with Crippen molar-refractivity contribution in [2.45, 2.75) is 25.7 Å². The van der Waals surface area contributed by atoms with Crippen LogP contribution < -0.4 is 21.4 Å². The molecule has 1 fully saturated rings. The van der Waals surface area contributed by atoms with Crippen LogP contribution >= 0.6 is 11.3 Å². The van der Waals surface area contributed by atoms with Gasteiger partial charge in [-0.25, -0.2) is 9.78 Å². The van der Waals surface area contributed by atoms with Gasteiger partial charge in [-0.2, -0.15) is 0 Å². The number of nitrogens with zero attached hydrogens (tertiary/aromatic N) is 2. The molecule has 0 unspecified atom stereocenters. The van der Waals surface area contributed by atoms with Gasteiger partial charge in [0.05, 0.1) is 18.4 Å². The number of methoxy groups -OCH3 is 1. The van der Waals surface area contributed by atoms with Gasteiger partial charge < -0.3 is 25.1 Å². The van der Waals surface area contributed by atoms with E-state index in [9.17, 15) is 19.2 Å². The van der Waals surface area contributed by atoms with E-state index in [1.165, 1.54) is 18.4 Å². The highest BCUT2D eigenvalue weighted by molar-refractivity contribution is 7.14. The smallest absolute Gasteiger partial charge is 0.345 e. The minimum Gasteiger partial charge on any atom is -0.493 e. The topological polar surface area (TPSA) is 145 Å². The minimum absolute atomic E-state index is 0.00139. The fourth-order valence-electron chi connectivity index (χ4n) is 3.89. The maximum atomic E-state index is 12.5. The molecule has 4 rings (SSSR count). The predicted molar refractivity (Wildman–Crippen MR) is 127 cm³/mol. The van der Waals surface area contributed by atoms with Gasteiger partial charge in [-0.05, 0) is 25.0 Å². The molecule has 0 bridgehead atoms. The van der Waals surface area contributed by atoms with Crippen LogP contribution in [-0.4, -0.2) is 47.8 Å². The summed E-state index contributed by atoms with van der Waals surface area (Å²) in [6.07, 6.45) is 1.15. The van der Waals surface area contributed by atoms with E-state index >= 15 is 0 Å². The summed E-state index contributed by atoms with van der Waals surface area (Å²) in [5.41, 5.74) is 5.76. The number of carbonyl (C=O) groups is 3. The summed E-state index contributed by atoms with van der Waals surface area (Å²) in [6, 6.07) is 6.96. The van der Waals surface area contributed by atoms with Crippen LogP contribution in [0.15, 0.2) is 38.9 Å². The lowest BCUT2D eigenvalue weighted by Crippen LogP contribution is -2.41. The number of benzene rings is 1. The van der Waals surface area contributed by atoms with Crippen molar-refractivity contribution in [2.24, 2.45) is 11.7 Å². The third kappa shape index (κ3) is 5.09. The van der Waals surface area contributed by atoms with Gasteiger partial charge in [-0.1, -0.05) is 12.1 Å². The number of fused-ring (bicyclic) bond motifs is 1. The maximum absolute atomic E-state index is 12.5. The van der Waals surface area contributed by atoms with Gasteiger partial charge >= 0.3 is 5.63 Å². The molecule has 0 saturated carbocycles. The third-order valence-electron chi connectivity index (χ3n) is 5.79. The molecule has 3 heterocycles. The number of aromatic nitrogens is 1. The van der Waals surface area contributed by atoms with Crippen molar-refractivity contribution >= 4 is 45.2 Å². The number of primary amides is 1. The average Bonchev–Trinajstić information content (AvgIpc) is 3.29. The van der Waals surface area contributed by atoms with Crippen LogP contribution in [0.5, 0.6) is 5.75 Å². The van der Waals surface area contributed by atoms with Crippen molar-refractivity contribution < 1.29 is 23.5 Å². The number of amides is 3. The van der Waals surface area contributed by atoms with E-state index in [2.05, 4.69) is 10.3 Å². The minimum atomic E-state index is -0.564. The van der Waals surface area contributed by atoms with Crippen molar-refractivity contribution in [3.8, 4) is 17.0 Å². The Morgan fingerprint density at radius 3 is 2.74 bits per heavy atom. The Hall–Kier alpha value is -3.73. The monoisotopic (exact) mass is 484 g/mol. The molecule has 3 amide bonds. The highest BCUT2D eigenvalue weighted by atomic mass is 32.1. The zero-order valence-electron chi connectivity index (χ0n) is 18.5. The van der Waals surface area contributed by atoms with E-state index in [0.717, 1.165) is 0 Å². The third-order valence-corrected chi connectivity index (χ3v) is 6.54. The zero-order valence-corrected chi connectivity index (χ0v) is 19.4. The van der Waals surface area contributed by atoms with Crippen molar-refractivity contribution in [1.29, 1.82) is 0 Å². The summed E-state index contributed by atoms with van der Waals surface area (Å²) in [4.78, 5) is 54.4. The molecule has 0 radical (unpaired) electrons. The van der Waals surface area contributed by atoms with E-state index in [-0.39, 0.29) is 42.0 Å². The van der Waals surface area contributed by atoms with Gasteiger partial charge in [-0.15, -0.1) is 11.3 Å². The molecule has 1 aromatic carbocycles. The number of ether oxygens (including phenoxy) is 1. The number of anilines is 1. The Morgan fingerprint density at radius 1 is 1.26 bits per heavy atom. The molecule has 1 aliphatic rings. The Kier molecular flexibility index (Phi) is 6.92. The van der Waals surface area contributed by atoms with Crippen LogP contribution in [0, 0.1) is 5.92 Å². The number of nitrogens with one attached hydrogen (secondary N) is 1. The van der Waals surface area contributed by atoms with E-state index < -0.39 is 5.63 Å². The predicted octanol–water partition coefficient (Wildman–Crippen LogP) is 2.37. The standard InChI is InChI=1S/C23H24N4O6S/c1-32-17-4-2-3-14-11-15(22(31)33-20(14)17)16-12-34-23(25-16)26-18(28)5-6-19(29)27-9-7-13(8-10-27)21(24)30/h2-4,11-13H,5-10H2,1H3,(H2,24,30)(H,25,26,28). The first-order chi connectivity index (χ1) is 16.4. The number of piperidine rings is 1. The Morgan fingerprint density at radius 2 is 2.03 bits per heavy atom. The first kappa shape index (κ1) is 23.4. The van der Waals surface area contributed by atoms with Gasteiger partial charge in [0.2, 0.25) is 17.7 Å². The summed E-state index contributed by atoms with van der Waals surface area (Å²) in [5, 5.41) is 5.33. The van der Waals surface area contributed by atoms with Crippen molar-refractivity contribution in [3.05, 3.63) is 40.1 Å². The summed E-state index contributed by atoms with van der Waals surface area (Å²) in [7, 11) is 1.50. The van der Waals surface area contributed by atoms with Crippen LogP contribution in [0.3, 0.4) is 0 Å². The maximum Gasteiger partial charge on any atom is 0.345 e. The van der Waals surface area contributed by atoms with Crippen LogP contribution in [0.25, 0.3) is 22.2 Å². The van der Waals surface area contributed by atoms with Crippen LogP contribution in [-0.2, 0) is 14.4 Å². The van der Waals surface area contributed by atoms with Crippen molar-refractivity contribution in [3.63, 3.8) is 0 Å². The van der Waals surface area contributed by atoms with Crippen LogP contribution in [0.1, 0.15) is 25.7 Å². The number of para-hydroxylation sites is 1. The number of thiazole rings is 1. The lowest BCUT2D eigenvalue weighted by molar-refractivity contribution is -0.135. The van der Waals surface area contributed by atoms with Gasteiger partial charge in [0.15, 0.2) is 16.5 Å². The average molecular weight is 485 g/mol. The molecule has 0 spiro atoms. The molecule has 10 nitrogen and oxygen atoms in total. The molecule has 0 aliphatic carbocycles. The first-order valence-corrected chi connectivity index (χ1v) is 11.7. The van der Waals surface area contributed by atoms with E-state index in [0.29, 0.717) is 53.5 Å². The summed E-state index contributed by atoms with van der Waals surface area (Å²) >= 11 is 1.17. The Bertz CT molecular complexity index is 1290. The quantitative estimate of drug-likeness (QED) is 0.490. The van der Waals surface area contributed by atoms with Crippen molar-refractivity contribution in [1.82, 2.24) is 9.88 Å². The normalized spacial score (nSPS) is 14.2. The molecule has 34 heavy (non-hydrogen) atoms.